The summed E-state index contributed by atoms with van der Waals surface area (Å²) in [5.41, 5.74) is 6.58. The van der Waals surface area contributed by atoms with Gasteiger partial charge in [-0.05, 0) is 37.5 Å². The highest BCUT2D eigenvalue weighted by Gasteiger charge is 2.21. The van der Waals surface area contributed by atoms with Crippen LogP contribution in [-0.4, -0.2) is 34.2 Å². The molecule has 0 saturated heterocycles. The van der Waals surface area contributed by atoms with Gasteiger partial charge in [0.2, 0.25) is 5.91 Å². The highest BCUT2D eigenvalue weighted by molar-refractivity contribution is 7.99. The van der Waals surface area contributed by atoms with Crippen molar-refractivity contribution in [3.8, 4) is 0 Å². The third kappa shape index (κ3) is 16.5. The number of amides is 1. The molecule has 3 N–H and O–H groups in total. The molecular formula is C28H49N3O3S. The van der Waals surface area contributed by atoms with Crippen molar-refractivity contribution in [1.82, 2.24) is 4.98 Å². The first kappa shape index (κ1) is 31.3. The van der Waals surface area contributed by atoms with Crippen molar-refractivity contribution in [3.05, 3.63) is 24.1 Å². The first-order valence-corrected chi connectivity index (χ1v) is 14.5. The van der Waals surface area contributed by atoms with Crippen LogP contribution in [0, 0.1) is 17.8 Å². The largest absolute Gasteiger partial charge is 0.432 e. The Morgan fingerprint density at radius 2 is 1.69 bits per heavy atom. The van der Waals surface area contributed by atoms with Crippen molar-refractivity contribution in [2.24, 2.45) is 23.5 Å². The summed E-state index contributed by atoms with van der Waals surface area (Å²) < 4.78 is 5.17. The lowest BCUT2D eigenvalue weighted by atomic mass is 9.91. The maximum Gasteiger partial charge on any atom is 0.295 e. The molecule has 0 fully saturated rings. The van der Waals surface area contributed by atoms with E-state index < -0.39 is 11.9 Å². The van der Waals surface area contributed by atoms with Crippen LogP contribution >= 0.6 is 11.8 Å². The molecular weight excluding hydrogens is 458 g/mol. The molecule has 35 heavy (non-hydrogen) atoms. The lowest BCUT2D eigenvalue weighted by Gasteiger charge is -2.15. The molecule has 1 amide bonds. The number of hydrogen-bond donors (Lipinski definition) is 2. The summed E-state index contributed by atoms with van der Waals surface area (Å²) in [6, 6.07) is -0.284. The Labute approximate surface area is 217 Å². The van der Waals surface area contributed by atoms with E-state index >= 15 is 0 Å². The molecule has 0 radical (unpaired) electrons. The number of carbonyl (C=O) groups excluding carboxylic acids is 2. The number of nitrogens with zero attached hydrogens (tertiary/aromatic N) is 1. The highest BCUT2D eigenvalue weighted by Crippen LogP contribution is 2.22. The Balaban J connectivity index is 2.22. The second-order valence-electron chi connectivity index (χ2n) is 10.6. The lowest BCUT2D eigenvalue weighted by molar-refractivity contribution is -0.126. The van der Waals surface area contributed by atoms with Crippen LogP contribution < -0.4 is 11.1 Å². The van der Waals surface area contributed by atoms with Gasteiger partial charge in [0.1, 0.15) is 6.26 Å². The summed E-state index contributed by atoms with van der Waals surface area (Å²) in [5, 5.41) is 2.96. The van der Waals surface area contributed by atoms with Gasteiger partial charge in [0.15, 0.2) is 5.78 Å². The minimum atomic E-state index is -0.625. The van der Waals surface area contributed by atoms with E-state index in [0.29, 0.717) is 5.75 Å². The van der Waals surface area contributed by atoms with E-state index in [0.717, 1.165) is 29.9 Å². The number of carbonyl (C=O) groups is 2. The zero-order chi connectivity index (χ0) is 26.1. The van der Waals surface area contributed by atoms with Crippen LogP contribution in [-0.2, 0) is 9.59 Å². The number of allylic oxidation sites excluding steroid dienone is 1. The van der Waals surface area contributed by atoms with E-state index in [-0.39, 0.29) is 18.2 Å². The van der Waals surface area contributed by atoms with Crippen molar-refractivity contribution >= 4 is 29.5 Å². The zero-order valence-electron chi connectivity index (χ0n) is 22.7. The predicted molar refractivity (Wildman–Crippen MR) is 149 cm³/mol. The molecule has 1 rings (SSSR count). The van der Waals surface area contributed by atoms with E-state index in [1.54, 1.807) is 11.8 Å². The molecule has 0 aromatic carbocycles. The van der Waals surface area contributed by atoms with Gasteiger partial charge in [-0.1, -0.05) is 84.3 Å². The number of Topliss-reactive ketones (excluding diaryl/α,β-unsaturated/α-hetero) is 1. The van der Waals surface area contributed by atoms with Gasteiger partial charge in [0, 0.05) is 11.5 Å². The number of anilines is 1. The molecule has 6 nitrogen and oxygen atoms in total. The van der Waals surface area contributed by atoms with Gasteiger partial charge in [0.25, 0.3) is 6.01 Å². The second-order valence-corrected chi connectivity index (χ2v) is 11.7. The van der Waals surface area contributed by atoms with Gasteiger partial charge < -0.3 is 15.5 Å². The standard InChI is InChI=1S/C28H49N3O3S/c1-21(2)9-6-10-22(3)11-7-12-23(4)13-8-14-24(5)15-18-35-20-25(26(32)19-27(29)33)31-28-30-16-17-34-28/h15-17,21-23,25H,6-14,18-20H2,1-5H3,(H2,29,33)(H,30,31). The highest BCUT2D eigenvalue weighted by atomic mass is 32.2. The monoisotopic (exact) mass is 507 g/mol. The number of oxazole rings is 1. The van der Waals surface area contributed by atoms with Gasteiger partial charge in [-0.2, -0.15) is 11.8 Å². The lowest BCUT2D eigenvalue weighted by Crippen LogP contribution is -2.35. The van der Waals surface area contributed by atoms with Gasteiger partial charge in [0.05, 0.1) is 18.7 Å². The van der Waals surface area contributed by atoms with Crippen LogP contribution in [0.15, 0.2) is 28.5 Å². The van der Waals surface area contributed by atoms with Crippen molar-refractivity contribution < 1.29 is 14.0 Å². The van der Waals surface area contributed by atoms with Crippen molar-refractivity contribution in [3.63, 3.8) is 0 Å². The molecule has 0 aliphatic carbocycles. The number of nitrogens with two attached hydrogens (primary N) is 1. The van der Waals surface area contributed by atoms with E-state index in [4.69, 9.17) is 10.2 Å². The minimum absolute atomic E-state index is 0.247. The summed E-state index contributed by atoms with van der Waals surface area (Å²) in [6.07, 6.45) is 16.7. The fourth-order valence-corrected chi connectivity index (χ4v) is 5.19. The average Bonchev–Trinajstić information content (AvgIpc) is 3.28. The Hall–Kier alpha value is -1.76. The van der Waals surface area contributed by atoms with Gasteiger partial charge in [-0.25, -0.2) is 4.98 Å². The normalized spacial score (nSPS) is 14.6. The SMILES string of the molecule is CC(=CCSCC(Nc1ncco1)C(=O)CC(N)=O)CCCC(C)CCCC(C)CCCC(C)C. The van der Waals surface area contributed by atoms with E-state index in [2.05, 4.69) is 51.0 Å². The number of hydrogen-bond acceptors (Lipinski definition) is 6. The van der Waals surface area contributed by atoms with Crippen molar-refractivity contribution in [2.45, 2.75) is 105 Å². The number of ketones is 1. The Morgan fingerprint density at radius 1 is 1.06 bits per heavy atom. The summed E-state index contributed by atoms with van der Waals surface area (Å²) in [4.78, 5) is 27.5. The Morgan fingerprint density at radius 3 is 2.26 bits per heavy atom. The summed E-state index contributed by atoms with van der Waals surface area (Å²) in [6.45, 7) is 11.6. The van der Waals surface area contributed by atoms with Gasteiger partial charge in [-0.15, -0.1) is 0 Å². The number of rotatable bonds is 21. The molecule has 7 heteroatoms. The molecule has 1 aromatic heterocycles. The van der Waals surface area contributed by atoms with Crippen LogP contribution in [0.5, 0.6) is 0 Å². The molecule has 0 aliphatic heterocycles. The van der Waals surface area contributed by atoms with E-state index in [9.17, 15) is 9.59 Å². The van der Waals surface area contributed by atoms with Crippen LogP contribution in [0.3, 0.4) is 0 Å². The molecule has 3 atom stereocenters. The summed E-state index contributed by atoms with van der Waals surface area (Å²) in [7, 11) is 0. The molecule has 200 valence electrons. The Bertz CT molecular complexity index is 734. The Kier molecular flexibility index (Phi) is 16.5. The predicted octanol–water partition coefficient (Wildman–Crippen LogP) is 7.02. The first-order valence-electron chi connectivity index (χ1n) is 13.4. The van der Waals surface area contributed by atoms with Crippen LogP contribution in [0.25, 0.3) is 0 Å². The maximum atomic E-state index is 12.3. The van der Waals surface area contributed by atoms with Crippen LogP contribution in [0.4, 0.5) is 6.01 Å². The number of nitrogens with one attached hydrogen (secondary N) is 1. The fraction of sp³-hybridized carbons (Fsp3) is 0.750. The molecule has 1 aromatic rings. The second kappa shape index (κ2) is 18.5. The van der Waals surface area contributed by atoms with Crippen molar-refractivity contribution in [2.75, 3.05) is 16.8 Å². The van der Waals surface area contributed by atoms with E-state index in [1.807, 2.05) is 0 Å². The molecule has 0 saturated carbocycles. The summed E-state index contributed by atoms with van der Waals surface area (Å²) in [5.74, 6) is 2.95. The van der Waals surface area contributed by atoms with Gasteiger partial charge >= 0.3 is 0 Å². The van der Waals surface area contributed by atoms with Crippen LogP contribution in [0.2, 0.25) is 0 Å². The molecule has 1 heterocycles. The number of aromatic nitrogens is 1. The summed E-state index contributed by atoms with van der Waals surface area (Å²) >= 11 is 1.65. The first-order chi connectivity index (χ1) is 16.7. The topological polar surface area (TPSA) is 98.2 Å². The maximum absolute atomic E-state index is 12.3. The number of primary amides is 1. The average molecular weight is 508 g/mol. The zero-order valence-corrected chi connectivity index (χ0v) is 23.5. The third-order valence-electron chi connectivity index (χ3n) is 6.44. The molecule has 0 bridgehead atoms. The van der Waals surface area contributed by atoms with Crippen molar-refractivity contribution in [1.29, 1.82) is 0 Å². The van der Waals surface area contributed by atoms with Crippen LogP contribution in [0.1, 0.15) is 98.8 Å². The van der Waals surface area contributed by atoms with Gasteiger partial charge in [-0.3, -0.25) is 9.59 Å². The molecule has 3 unspecified atom stereocenters. The smallest absolute Gasteiger partial charge is 0.295 e. The molecule has 0 spiro atoms. The number of thioether (sulfide) groups is 1. The third-order valence-corrected chi connectivity index (χ3v) is 7.41. The quantitative estimate of drug-likeness (QED) is 0.105. The fourth-order valence-electron chi connectivity index (χ4n) is 4.15. The molecule has 0 aliphatic rings. The minimum Gasteiger partial charge on any atom is -0.432 e. The van der Waals surface area contributed by atoms with E-state index in [1.165, 1.54) is 69.4 Å².